The van der Waals surface area contributed by atoms with E-state index in [0.29, 0.717) is 24.5 Å². The Morgan fingerprint density at radius 2 is 2.47 bits per heavy atom. The first-order valence-corrected chi connectivity index (χ1v) is 6.15. The molecule has 0 spiro atoms. The number of amides is 1. The van der Waals surface area contributed by atoms with Gasteiger partial charge in [0.15, 0.2) is 0 Å². The lowest BCUT2D eigenvalue weighted by atomic mass is 10.2. The highest BCUT2D eigenvalue weighted by Gasteiger charge is 2.28. The zero-order chi connectivity index (χ0) is 12.3. The van der Waals surface area contributed by atoms with E-state index in [1.54, 1.807) is 29.4 Å². The number of pyridine rings is 1. The van der Waals surface area contributed by atoms with Crippen LogP contribution in [0.5, 0.6) is 0 Å². The molecule has 1 aliphatic heterocycles. The van der Waals surface area contributed by atoms with Gasteiger partial charge in [-0.15, -0.1) is 11.6 Å². The molecule has 0 radical (unpaired) electrons. The van der Waals surface area contributed by atoms with Crippen LogP contribution < -0.4 is 0 Å². The third kappa shape index (κ3) is 2.96. The molecule has 17 heavy (non-hydrogen) atoms. The molecular formula is C12H15ClN2O2. The van der Waals surface area contributed by atoms with Crippen LogP contribution >= 0.6 is 11.6 Å². The average molecular weight is 255 g/mol. The maximum absolute atomic E-state index is 12.2. The first kappa shape index (κ1) is 12.3. The second-order valence-electron chi connectivity index (χ2n) is 4.17. The molecule has 0 aliphatic carbocycles. The Morgan fingerprint density at radius 1 is 1.65 bits per heavy atom. The fourth-order valence-electron chi connectivity index (χ4n) is 1.97. The number of nitrogens with zero attached hydrogens (tertiary/aromatic N) is 2. The van der Waals surface area contributed by atoms with Crippen LogP contribution in [0.15, 0.2) is 24.5 Å². The molecule has 0 aromatic carbocycles. The predicted molar refractivity (Wildman–Crippen MR) is 65.2 cm³/mol. The highest BCUT2D eigenvalue weighted by Crippen LogP contribution is 2.15. The number of aromatic nitrogens is 1. The maximum atomic E-state index is 12.2. The van der Waals surface area contributed by atoms with Gasteiger partial charge >= 0.3 is 0 Å². The second-order valence-corrected chi connectivity index (χ2v) is 4.48. The highest BCUT2D eigenvalue weighted by molar-refractivity contribution is 6.18. The largest absolute Gasteiger partial charge is 0.370 e. The summed E-state index contributed by atoms with van der Waals surface area (Å²) in [4.78, 5) is 17.9. The van der Waals surface area contributed by atoms with E-state index >= 15 is 0 Å². The molecule has 2 atom stereocenters. The molecule has 0 N–H and O–H groups in total. The summed E-state index contributed by atoms with van der Waals surface area (Å²) in [5, 5.41) is 0. The quantitative estimate of drug-likeness (QED) is 0.752. The van der Waals surface area contributed by atoms with E-state index in [9.17, 15) is 4.79 Å². The van der Waals surface area contributed by atoms with E-state index in [0.717, 1.165) is 0 Å². The number of alkyl halides is 1. The third-order valence-corrected chi connectivity index (χ3v) is 3.04. The molecule has 4 nitrogen and oxygen atoms in total. The summed E-state index contributed by atoms with van der Waals surface area (Å²) < 4.78 is 5.61. The van der Waals surface area contributed by atoms with Gasteiger partial charge in [-0.1, -0.05) is 0 Å². The molecule has 2 heterocycles. The van der Waals surface area contributed by atoms with Gasteiger partial charge in [0, 0.05) is 25.5 Å². The summed E-state index contributed by atoms with van der Waals surface area (Å²) in [5.41, 5.74) is 0.606. The van der Waals surface area contributed by atoms with Gasteiger partial charge in [-0.3, -0.25) is 9.78 Å². The first-order chi connectivity index (χ1) is 8.20. The Hall–Kier alpha value is -1.13. The first-order valence-electron chi connectivity index (χ1n) is 5.61. The lowest BCUT2D eigenvalue weighted by molar-refractivity contribution is -0.0570. The summed E-state index contributed by atoms with van der Waals surface area (Å²) >= 11 is 5.79. The number of carbonyl (C=O) groups excluding carboxylic acids is 1. The molecule has 1 aromatic rings. The Morgan fingerprint density at radius 3 is 3.12 bits per heavy atom. The number of hydrogen-bond donors (Lipinski definition) is 0. The Balaban J connectivity index is 2.09. The fraction of sp³-hybridized carbons (Fsp3) is 0.500. The Bertz CT molecular complexity index is 385. The third-order valence-electron chi connectivity index (χ3n) is 2.69. The molecule has 5 heteroatoms. The normalized spacial score (nSPS) is 24.7. The number of halogens is 1. The van der Waals surface area contributed by atoms with Crippen molar-refractivity contribution in [3.63, 3.8) is 0 Å². The monoisotopic (exact) mass is 254 g/mol. The summed E-state index contributed by atoms with van der Waals surface area (Å²) in [6, 6.07) is 3.53. The Labute approximate surface area is 106 Å². The molecule has 2 unspecified atom stereocenters. The van der Waals surface area contributed by atoms with Crippen LogP contribution in [0.4, 0.5) is 0 Å². The molecule has 2 rings (SSSR count). The minimum atomic E-state index is -0.0824. The van der Waals surface area contributed by atoms with Gasteiger partial charge in [-0.05, 0) is 19.1 Å². The Kier molecular flexibility index (Phi) is 3.97. The minimum absolute atomic E-state index is 0.0108. The zero-order valence-electron chi connectivity index (χ0n) is 9.67. The van der Waals surface area contributed by atoms with Crippen LogP contribution in [0.1, 0.15) is 17.3 Å². The summed E-state index contributed by atoms with van der Waals surface area (Å²) in [7, 11) is 0. The molecule has 1 saturated heterocycles. The van der Waals surface area contributed by atoms with Crippen LogP contribution in [0.3, 0.4) is 0 Å². The SMILES string of the molecule is CC1CN(C(=O)c2cccnc2)CC(CCl)O1. The van der Waals surface area contributed by atoms with E-state index in [4.69, 9.17) is 16.3 Å². The molecule has 1 fully saturated rings. The molecular weight excluding hydrogens is 240 g/mol. The van der Waals surface area contributed by atoms with E-state index in [1.807, 2.05) is 6.92 Å². The van der Waals surface area contributed by atoms with Gasteiger partial charge in [0.25, 0.3) is 5.91 Å². The fourth-order valence-corrected chi connectivity index (χ4v) is 2.14. The van der Waals surface area contributed by atoms with Crippen molar-refractivity contribution in [2.75, 3.05) is 19.0 Å². The summed E-state index contributed by atoms with van der Waals surface area (Å²) in [6.45, 7) is 3.09. The van der Waals surface area contributed by atoms with Crippen molar-refractivity contribution in [1.29, 1.82) is 0 Å². The predicted octanol–water partition coefficient (Wildman–Crippen LogP) is 1.55. The lowest BCUT2D eigenvalue weighted by Gasteiger charge is -2.36. The van der Waals surface area contributed by atoms with Crippen molar-refractivity contribution in [3.05, 3.63) is 30.1 Å². The maximum Gasteiger partial charge on any atom is 0.255 e. The second kappa shape index (κ2) is 5.47. The number of morpholine rings is 1. The molecule has 92 valence electrons. The van der Waals surface area contributed by atoms with E-state index in [2.05, 4.69) is 4.98 Å². The minimum Gasteiger partial charge on any atom is -0.370 e. The van der Waals surface area contributed by atoms with Crippen molar-refractivity contribution in [1.82, 2.24) is 9.88 Å². The van der Waals surface area contributed by atoms with Gasteiger partial charge in [-0.25, -0.2) is 0 Å². The molecule has 1 amide bonds. The van der Waals surface area contributed by atoms with Gasteiger partial charge in [0.1, 0.15) is 0 Å². The topological polar surface area (TPSA) is 42.4 Å². The van der Waals surface area contributed by atoms with E-state index < -0.39 is 0 Å². The number of rotatable bonds is 2. The van der Waals surface area contributed by atoms with Crippen molar-refractivity contribution in [3.8, 4) is 0 Å². The molecule has 0 saturated carbocycles. The van der Waals surface area contributed by atoms with Crippen molar-refractivity contribution < 1.29 is 9.53 Å². The lowest BCUT2D eigenvalue weighted by Crippen LogP contribution is -2.49. The smallest absolute Gasteiger partial charge is 0.255 e. The average Bonchev–Trinajstić information content (AvgIpc) is 2.38. The number of hydrogen-bond acceptors (Lipinski definition) is 3. The van der Waals surface area contributed by atoms with Crippen LogP contribution in [0.25, 0.3) is 0 Å². The molecule has 1 aliphatic rings. The summed E-state index contributed by atoms with van der Waals surface area (Å²) in [5.74, 6) is 0.393. The highest BCUT2D eigenvalue weighted by atomic mass is 35.5. The van der Waals surface area contributed by atoms with E-state index in [-0.39, 0.29) is 18.1 Å². The van der Waals surface area contributed by atoms with Gasteiger partial charge in [0.05, 0.1) is 23.7 Å². The van der Waals surface area contributed by atoms with Gasteiger partial charge in [-0.2, -0.15) is 0 Å². The van der Waals surface area contributed by atoms with Crippen LogP contribution in [0.2, 0.25) is 0 Å². The van der Waals surface area contributed by atoms with Crippen LogP contribution in [-0.2, 0) is 4.74 Å². The summed E-state index contributed by atoms with van der Waals surface area (Å²) in [6.07, 6.45) is 3.17. The zero-order valence-corrected chi connectivity index (χ0v) is 10.4. The van der Waals surface area contributed by atoms with Crippen molar-refractivity contribution in [2.24, 2.45) is 0 Å². The van der Waals surface area contributed by atoms with E-state index in [1.165, 1.54) is 0 Å². The molecule has 0 bridgehead atoms. The van der Waals surface area contributed by atoms with Crippen molar-refractivity contribution in [2.45, 2.75) is 19.1 Å². The number of ether oxygens (including phenoxy) is 1. The number of carbonyl (C=O) groups is 1. The van der Waals surface area contributed by atoms with Crippen molar-refractivity contribution >= 4 is 17.5 Å². The van der Waals surface area contributed by atoms with Crippen LogP contribution in [-0.4, -0.2) is 47.0 Å². The van der Waals surface area contributed by atoms with Gasteiger partial charge < -0.3 is 9.64 Å². The molecule has 1 aromatic heterocycles. The van der Waals surface area contributed by atoms with Gasteiger partial charge in [0.2, 0.25) is 0 Å². The van der Waals surface area contributed by atoms with Crippen LogP contribution in [0, 0.1) is 0 Å². The standard InChI is InChI=1S/C12H15ClN2O2/c1-9-7-15(8-11(5-13)17-9)12(16)10-3-2-4-14-6-10/h2-4,6,9,11H,5,7-8H2,1H3.